The van der Waals surface area contributed by atoms with Gasteiger partial charge < -0.3 is 0 Å². The number of alkyl halides is 5. The van der Waals surface area contributed by atoms with Crippen molar-refractivity contribution in [1.82, 2.24) is 0 Å². The molecule has 0 radical (unpaired) electrons. The predicted molar refractivity (Wildman–Crippen MR) is 63.3 cm³/mol. The SMILES string of the molecule is FC(F)(F)C(F)(F)C=C(I)Cc1ccccc1. The average molecular weight is 362 g/mol. The molecule has 0 fully saturated rings. The molecule has 17 heavy (non-hydrogen) atoms. The van der Waals surface area contributed by atoms with Crippen molar-refractivity contribution < 1.29 is 22.0 Å². The fraction of sp³-hybridized carbons (Fsp3) is 0.273. The highest BCUT2D eigenvalue weighted by Crippen LogP contribution is 2.38. The van der Waals surface area contributed by atoms with Gasteiger partial charge >= 0.3 is 12.1 Å². The third-order valence-corrected chi connectivity index (χ3v) is 2.62. The Bertz CT molecular complexity index is 394. The summed E-state index contributed by atoms with van der Waals surface area (Å²) in [5.74, 6) is -4.78. The van der Waals surface area contributed by atoms with Crippen LogP contribution in [0.15, 0.2) is 40.0 Å². The van der Waals surface area contributed by atoms with E-state index in [2.05, 4.69) is 0 Å². The van der Waals surface area contributed by atoms with E-state index in [0.29, 0.717) is 5.56 Å². The molecule has 1 aromatic rings. The van der Waals surface area contributed by atoms with E-state index in [1.54, 1.807) is 30.3 Å². The first kappa shape index (κ1) is 14.4. The highest BCUT2D eigenvalue weighted by molar-refractivity contribution is 14.1. The quantitative estimate of drug-likeness (QED) is 0.538. The lowest BCUT2D eigenvalue weighted by atomic mass is 10.1. The van der Waals surface area contributed by atoms with Crippen LogP contribution in [-0.2, 0) is 6.42 Å². The fourth-order valence-corrected chi connectivity index (χ4v) is 1.95. The number of halogens is 6. The van der Waals surface area contributed by atoms with Gasteiger partial charge in [0.2, 0.25) is 0 Å². The number of benzene rings is 1. The van der Waals surface area contributed by atoms with Crippen molar-refractivity contribution in [3.05, 3.63) is 45.6 Å². The second-order valence-electron chi connectivity index (χ2n) is 3.37. The summed E-state index contributed by atoms with van der Waals surface area (Å²) in [7, 11) is 0. The maximum atomic E-state index is 12.7. The molecule has 94 valence electrons. The van der Waals surface area contributed by atoms with Gasteiger partial charge in [-0.15, -0.1) is 0 Å². The molecule has 0 atom stereocenters. The van der Waals surface area contributed by atoms with Crippen LogP contribution < -0.4 is 0 Å². The highest BCUT2D eigenvalue weighted by Gasteiger charge is 2.55. The van der Waals surface area contributed by atoms with Crippen LogP contribution in [0.2, 0.25) is 0 Å². The first-order valence-corrected chi connectivity index (χ1v) is 5.66. The summed E-state index contributed by atoms with van der Waals surface area (Å²) in [5, 5.41) is 0. The van der Waals surface area contributed by atoms with Gasteiger partial charge in [-0.05, 0) is 31.7 Å². The fourth-order valence-electron chi connectivity index (χ4n) is 1.12. The van der Waals surface area contributed by atoms with Gasteiger partial charge in [0.15, 0.2) is 0 Å². The van der Waals surface area contributed by atoms with E-state index >= 15 is 0 Å². The summed E-state index contributed by atoms with van der Waals surface area (Å²) in [6.45, 7) is 0. The number of hydrogen-bond acceptors (Lipinski definition) is 0. The Morgan fingerprint density at radius 3 is 2.06 bits per heavy atom. The standard InChI is InChI=1S/C11H8F5I/c12-10(13,11(14,15)16)7-9(17)6-8-4-2-1-3-5-8/h1-5,7H,6H2. The van der Waals surface area contributed by atoms with Crippen LogP contribution in [0.25, 0.3) is 0 Å². The van der Waals surface area contributed by atoms with Gasteiger partial charge in [-0.2, -0.15) is 22.0 Å². The van der Waals surface area contributed by atoms with Crippen LogP contribution in [0, 0.1) is 0 Å². The van der Waals surface area contributed by atoms with E-state index in [4.69, 9.17) is 0 Å². The van der Waals surface area contributed by atoms with Gasteiger partial charge in [0, 0.05) is 12.5 Å². The van der Waals surface area contributed by atoms with E-state index in [0.717, 1.165) is 0 Å². The molecule has 0 spiro atoms. The zero-order chi connectivity index (χ0) is 13.1. The summed E-state index contributed by atoms with van der Waals surface area (Å²) in [4.78, 5) is 0. The van der Waals surface area contributed by atoms with Crippen molar-refractivity contribution in [1.29, 1.82) is 0 Å². The maximum Gasteiger partial charge on any atom is 0.457 e. The Morgan fingerprint density at radius 1 is 1.06 bits per heavy atom. The second kappa shape index (κ2) is 5.32. The predicted octanol–water partition coefficient (Wildman–Crippen LogP) is 4.75. The minimum Gasteiger partial charge on any atom is -0.191 e. The molecule has 0 N–H and O–H groups in total. The highest BCUT2D eigenvalue weighted by atomic mass is 127. The van der Waals surface area contributed by atoms with Gasteiger partial charge in [-0.1, -0.05) is 30.3 Å². The van der Waals surface area contributed by atoms with Crippen LogP contribution >= 0.6 is 22.6 Å². The van der Waals surface area contributed by atoms with Gasteiger partial charge in [0.1, 0.15) is 0 Å². The van der Waals surface area contributed by atoms with Crippen molar-refractivity contribution in [3.63, 3.8) is 0 Å². The number of hydrogen-bond donors (Lipinski definition) is 0. The molecule has 0 aliphatic heterocycles. The molecule has 0 heterocycles. The van der Waals surface area contributed by atoms with Crippen LogP contribution in [0.5, 0.6) is 0 Å². The van der Waals surface area contributed by atoms with Crippen molar-refractivity contribution in [2.75, 3.05) is 0 Å². The van der Waals surface area contributed by atoms with Crippen LogP contribution in [0.3, 0.4) is 0 Å². The third kappa shape index (κ3) is 4.25. The molecule has 0 aliphatic rings. The number of allylic oxidation sites excluding steroid dienone is 2. The first-order valence-electron chi connectivity index (χ1n) is 4.58. The Kier molecular flexibility index (Phi) is 4.51. The molecule has 0 saturated carbocycles. The molecule has 0 bridgehead atoms. The van der Waals surface area contributed by atoms with Crippen molar-refractivity contribution in [2.24, 2.45) is 0 Å². The molecular formula is C11H8F5I. The van der Waals surface area contributed by atoms with Crippen molar-refractivity contribution in [2.45, 2.75) is 18.5 Å². The molecule has 0 aliphatic carbocycles. The summed E-state index contributed by atoms with van der Waals surface area (Å²) in [6, 6.07) is 8.46. The molecule has 1 aromatic carbocycles. The van der Waals surface area contributed by atoms with E-state index in [1.807, 2.05) is 0 Å². The minimum absolute atomic E-state index is 0.0411. The third-order valence-electron chi connectivity index (χ3n) is 1.93. The molecule has 1 rings (SSSR count). The average Bonchev–Trinajstić information content (AvgIpc) is 2.16. The van der Waals surface area contributed by atoms with Crippen LogP contribution in [0.4, 0.5) is 22.0 Å². The maximum absolute atomic E-state index is 12.7. The monoisotopic (exact) mass is 362 g/mol. The number of rotatable bonds is 3. The van der Waals surface area contributed by atoms with E-state index < -0.39 is 12.1 Å². The molecule has 6 heteroatoms. The normalized spacial score (nSPS) is 13.9. The lowest BCUT2D eigenvalue weighted by Crippen LogP contribution is -2.34. The van der Waals surface area contributed by atoms with Gasteiger partial charge in [-0.3, -0.25) is 0 Å². The van der Waals surface area contributed by atoms with Gasteiger partial charge in [-0.25, -0.2) is 0 Å². The smallest absolute Gasteiger partial charge is 0.191 e. The van der Waals surface area contributed by atoms with Crippen LogP contribution in [-0.4, -0.2) is 12.1 Å². The van der Waals surface area contributed by atoms with Crippen LogP contribution in [0.1, 0.15) is 5.56 Å². The Labute approximate surface area is 109 Å². The Balaban J connectivity index is 2.81. The van der Waals surface area contributed by atoms with E-state index in [9.17, 15) is 22.0 Å². The molecular weight excluding hydrogens is 354 g/mol. The Morgan fingerprint density at radius 2 is 1.59 bits per heavy atom. The van der Waals surface area contributed by atoms with Crippen molar-refractivity contribution in [3.8, 4) is 0 Å². The van der Waals surface area contributed by atoms with Gasteiger partial charge in [0.25, 0.3) is 0 Å². The summed E-state index contributed by atoms with van der Waals surface area (Å²) < 4.78 is 61.1. The van der Waals surface area contributed by atoms with E-state index in [-0.39, 0.29) is 16.1 Å². The zero-order valence-electron chi connectivity index (χ0n) is 8.44. The molecule has 0 aromatic heterocycles. The topological polar surface area (TPSA) is 0 Å². The molecule has 0 amide bonds. The van der Waals surface area contributed by atoms with Gasteiger partial charge in [0.05, 0.1) is 0 Å². The lowest BCUT2D eigenvalue weighted by Gasteiger charge is -2.16. The van der Waals surface area contributed by atoms with E-state index in [1.165, 1.54) is 22.6 Å². The molecule has 0 unspecified atom stereocenters. The summed E-state index contributed by atoms with van der Waals surface area (Å²) >= 11 is 1.49. The van der Waals surface area contributed by atoms with Crippen molar-refractivity contribution >= 4 is 22.6 Å². The lowest BCUT2D eigenvalue weighted by molar-refractivity contribution is -0.259. The largest absolute Gasteiger partial charge is 0.457 e. The zero-order valence-corrected chi connectivity index (χ0v) is 10.6. The summed E-state index contributed by atoms with van der Waals surface area (Å²) in [5.41, 5.74) is 0.686. The molecule has 0 saturated heterocycles. The molecule has 0 nitrogen and oxygen atoms in total. The first-order chi connectivity index (χ1) is 7.72. The Hall–Kier alpha value is -0.660. The second-order valence-corrected chi connectivity index (χ2v) is 4.76. The minimum atomic E-state index is -5.54. The summed E-state index contributed by atoms with van der Waals surface area (Å²) in [6.07, 6.45) is -5.52.